The Morgan fingerprint density at radius 3 is 2.11 bits per heavy atom. The number of nitrogens with one attached hydrogen (secondary N) is 2. The van der Waals surface area contributed by atoms with Crippen LogP contribution in [0.25, 0.3) is 0 Å². The van der Waals surface area contributed by atoms with Crippen LogP contribution in [0.15, 0.2) is 102 Å². The molecular formula is C33H31ClF3N3O3S. The predicted octanol–water partition coefficient (Wildman–Crippen LogP) is 7.87. The highest BCUT2D eigenvalue weighted by Crippen LogP contribution is 2.36. The molecule has 230 valence electrons. The number of nitrogens with zero attached hydrogens (tertiary/aromatic N) is 1. The smallest absolute Gasteiger partial charge is 0.322 e. The van der Waals surface area contributed by atoms with Crippen LogP contribution >= 0.6 is 11.6 Å². The molecule has 0 spiro atoms. The number of likely N-dealkylation sites (tertiary alicyclic amines) is 1. The number of alkyl halides is 3. The van der Waals surface area contributed by atoms with Gasteiger partial charge in [-0.25, -0.2) is 8.42 Å². The van der Waals surface area contributed by atoms with Gasteiger partial charge in [0.2, 0.25) is 0 Å². The van der Waals surface area contributed by atoms with E-state index >= 15 is 0 Å². The zero-order chi connectivity index (χ0) is 31.3. The van der Waals surface area contributed by atoms with Gasteiger partial charge in [0.15, 0.2) is 0 Å². The average Bonchev–Trinajstić information content (AvgIpc) is 2.99. The van der Waals surface area contributed by atoms with Crippen molar-refractivity contribution in [1.82, 2.24) is 4.90 Å². The second-order valence-electron chi connectivity index (χ2n) is 10.9. The number of piperidine rings is 1. The molecule has 1 aliphatic rings. The highest BCUT2D eigenvalue weighted by molar-refractivity contribution is 7.92. The molecule has 0 atom stereocenters. The second-order valence-corrected chi connectivity index (χ2v) is 13.0. The molecule has 1 saturated heterocycles. The number of amides is 1. The third-order valence-corrected chi connectivity index (χ3v) is 9.37. The summed E-state index contributed by atoms with van der Waals surface area (Å²) in [6.07, 6.45) is -1.31. The van der Waals surface area contributed by atoms with Gasteiger partial charge in [-0.2, -0.15) is 13.2 Å². The molecule has 0 aliphatic carbocycles. The molecule has 0 radical (unpaired) electrons. The van der Waals surface area contributed by atoms with E-state index in [4.69, 9.17) is 11.6 Å². The van der Waals surface area contributed by atoms with E-state index in [0.717, 1.165) is 56.6 Å². The quantitative estimate of drug-likeness (QED) is 0.195. The maximum Gasteiger partial charge on any atom is 0.417 e. The lowest BCUT2D eigenvalue weighted by Gasteiger charge is -2.32. The van der Waals surface area contributed by atoms with Crippen LogP contribution in [0.5, 0.6) is 0 Å². The summed E-state index contributed by atoms with van der Waals surface area (Å²) in [6, 6.07) is 26.1. The maximum atomic E-state index is 13.1. The molecule has 5 rings (SSSR count). The molecule has 2 N–H and O–H groups in total. The maximum absolute atomic E-state index is 13.1. The lowest BCUT2D eigenvalue weighted by molar-refractivity contribution is -0.137. The van der Waals surface area contributed by atoms with Gasteiger partial charge in [0, 0.05) is 23.5 Å². The summed E-state index contributed by atoms with van der Waals surface area (Å²) in [7, 11) is -4.20. The molecule has 1 aliphatic heterocycles. The van der Waals surface area contributed by atoms with Gasteiger partial charge >= 0.3 is 6.18 Å². The minimum atomic E-state index is -4.74. The first-order chi connectivity index (χ1) is 21.0. The van der Waals surface area contributed by atoms with E-state index in [1.54, 1.807) is 12.1 Å². The van der Waals surface area contributed by atoms with Gasteiger partial charge in [-0.15, -0.1) is 0 Å². The monoisotopic (exact) mass is 641 g/mol. The molecular weight excluding hydrogens is 611 g/mol. The second kappa shape index (κ2) is 13.4. The lowest BCUT2D eigenvalue weighted by atomic mass is 9.90. The minimum Gasteiger partial charge on any atom is -0.322 e. The number of hydrogen-bond donors (Lipinski definition) is 2. The normalized spacial score (nSPS) is 14.7. The third kappa shape index (κ3) is 8.19. The molecule has 1 heterocycles. The topological polar surface area (TPSA) is 78.5 Å². The number of anilines is 2. The molecule has 44 heavy (non-hydrogen) atoms. The van der Waals surface area contributed by atoms with Crippen molar-refractivity contribution >= 4 is 38.9 Å². The zero-order valence-corrected chi connectivity index (χ0v) is 25.2. The van der Waals surface area contributed by atoms with Crippen molar-refractivity contribution in [2.45, 2.75) is 36.9 Å². The summed E-state index contributed by atoms with van der Waals surface area (Å²) in [4.78, 5) is 15.1. The van der Waals surface area contributed by atoms with E-state index in [9.17, 15) is 26.4 Å². The van der Waals surface area contributed by atoms with Crippen LogP contribution in [-0.4, -0.2) is 32.3 Å². The first-order valence-corrected chi connectivity index (χ1v) is 16.0. The molecule has 0 bridgehead atoms. The molecule has 1 fully saturated rings. The fourth-order valence-corrected chi connectivity index (χ4v) is 6.53. The first kappa shape index (κ1) is 31.6. The van der Waals surface area contributed by atoms with Crippen molar-refractivity contribution in [2.75, 3.05) is 23.1 Å². The summed E-state index contributed by atoms with van der Waals surface area (Å²) in [6.45, 7) is 2.89. The Labute approximate surface area is 259 Å². The van der Waals surface area contributed by atoms with Gasteiger partial charge < -0.3 is 5.32 Å². The van der Waals surface area contributed by atoms with Crippen LogP contribution in [0.3, 0.4) is 0 Å². The summed E-state index contributed by atoms with van der Waals surface area (Å²) in [5, 5.41) is 2.20. The standard InChI is InChI=1S/C33H31ClF3N3O3S/c34-31-15-12-28(21-30(31)33(35,36)37)39-44(42,43)29-13-10-27(11-14-29)38-32(41)26-8-6-25(7-9-26)22-40-18-16-24(17-19-40)20-23-4-2-1-3-5-23/h1-15,21,24,39H,16-20,22H2,(H,38,41). The van der Waals surface area contributed by atoms with Gasteiger partial charge in [-0.05, 0) is 104 Å². The molecule has 4 aromatic carbocycles. The number of carbonyl (C=O) groups is 1. The number of rotatable bonds is 9. The molecule has 0 aromatic heterocycles. The number of halogens is 4. The van der Waals surface area contributed by atoms with Crippen LogP contribution in [0.4, 0.5) is 24.5 Å². The van der Waals surface area contributed by atoms with Crippen molar-refractivity contribution in [1.29, 1.82) is 0 Å². The fourth-order valence-electron chi connectivity index (χ4n) is 5.26. The largest absolute Gasteiger partial charge is 0.417 e. The fraction of sp³-hybridized carbons (Fsp3) is 0.242. The van der Waals surface area contributed by atoms with Gasteiger partial charge in [0.25, 0.3) is 15.9 Å². The van der Waals surface area contributed by atoms with Crippen molar-refractivity contribution in [3.8, 4) is 0 Å². The number of benzene rings is 4. The molecule has 1 amide bonds. The molecule has 4 aromatic rings. The Hall–Kier alpha value is -3.86. The van der Waals surface area contributed by atoms with E-state index in [-0.39, 0.29) is 16.5 Å². The summed E-state index contributed by atoms with van der Waals surface area (Å²) in [5.41, 5.74) is 1.89. The van der Waals surface area contributed by atoms with Crippen molar-refractivity contribution in [3.63, 3.8) is 0 Å². The third-order valence-electron chi connectivity index (χ3n) is 7.64. The molecule has 6 nitrogen and oxygen atoms in total. The van der Waals surface area contributed by atoms with Gasteiger partial charge in [0.1, 0.15) is 0 Å². The SMILES string of the molecule is O=C(Nc1ccc(S(=O)(=O)Nc2ccc(Cl)c(C(F)(F)F)c2)cc1)c1ccc(CN2CCC(Cc3ccccc3)CC2)cc1. The van der Waals surface area contributed by atoms with Crippen LogP contribution in [0.2, 0.25) is 5.02 Å². The highest BCUT2D eigenvalue weighted by Gasteiger charge is 2.33. The van der Waals surface area contributed by atoms with Crippen molar-refractivity contribution in [2.24, 2.45) is 5.92 Å². The Balaban J connectivity index is 1.13. The van der Waals surface area contributed by atoms with E-state index in [2.05, 4.69) is 39.2 Å². The minimum absolute atomic E-state index is 0.188. The molecule has 0 saturated carbocycles. The van der Waals surface area contributed by atoms with E-state index in [0.29, 0.717) is 23.2 Å². The number of sulfonamides is 1. The Kier molecular flexibility index (Phi) is 9.62. The Bertz CT molecular complexity index is 1690. The number of carbonyl (C=O) groups excluding carboxylic acids is 1. The first-order valence-electron chi connectivity index (χ1n) is 14.1. The van der Waals surface area contributed by atoms with Gasteiger partial charge in [-0.1, -0.05) is 54.1 Å². The van der Waals surface area contributed by atoms with Crippen LogP contribution in [0.1, 0.15) is 39.9 Å². The van der Waals surface area contributed by atoms with Crippen molar-refractivity contribution in [3.05, 3.63) is 124 Å². The van der Waals surface area contributed by atoms with E-state index in [1.165, 1.54) is 29.8 Å². The van der Waals surface area contributed by atoms with Gasteiger partial charge in [0.05, 0.1) is 15.5 Å². The molecule has 11 heteroatoms. The lowest BCUT2D eigenvalue weighted by Crippen LogP contribution is -2.33. The van der Waals surface area contributed by atoms with Gasteiger partial charge in [-0.3, -0.25) is 14.4 Å². The predicted molar refractivity (Wildman–Crippen MR) is 166 cm³/mol. The summed E-state index contributed by atoms with van der Waals surface area (Å²) in [5.74, 6) is 0.341. The van der Waals surface area contributed by atoms with Crippen molar-refractivity contribution < 1.29 is 26.4 Å². The average molecular weight is 642 g/mol. The van der Waals surface area contributed by atoms with Crippen LogP contribution in [-0.2, 0) is 29.2 Å². The Morgan fingerprint density at radius 2 is 1.48 bits per heavy atom. The number of hydrogen-bond acceptors (Lipinski definition) is 4. The Morgan fingerprint density at radius 1 is 0.841 bits per heavy atom. The summed E-state index contributed by atoms with van der Waals surface area (Å²) < 4.78 is 67.1. The molecule has 0 unspecified atom stereocenters. The van der Waals surface area contributed by atoms with E-state index < -0.39 is 26.8 Å². The zero-order valence-electron chi connectivity index (χ0n) is 23.6. The van der Waals surface area contributed by atoms with Crippen LogP contribution < -0.4 is 10.0 Å². The van der Waals surface area contributed by atoms with Crippen LogP contribution in [0, 0.1) is 5.92 Å². The highest BCUT2D eigenvalue weighted by atomic mass is 35.5. The summed E-state index contributed by atoms with van der Waals surface area (Å²) >= 11 is 5.61. The van der Waals surface area contributed by atoms with E-state index in [1.807, 2.05) is 18.2 Å².